The average Bonchev–Trinajstić information content (AvgIpc) is 2.40. The van der Waals surface area contributed by atoms with Crippen LogP contribution in [0.2, 0.25) is 0 Å². The Labute approximate surface area is 111 Å². The summed E-state index contributed by atoms with van der Waals surface area (Å²) in [7, 11) is 0. The van der Waals surface area contributed by atoms with Gasteiger partial charge in [0.15, 0.2) is 0 Å². The lowest BCUT2D eigenvalue weighted by Crippen LogP contribution is -2.54. The van der Waals surface area contributed by atoms with E-state index >= 15 is 0 Å². The first-order valence-electron chi connectivity index (χ1n) is 6.13. The molecule has 0 aromatic heterocycles. The van der Waals surface area contributed by atoms with Crippen LogP contribution < -0.4 is 5.43 Å². The van der Waals surface area contributed by atoms with Crippen LogP contribution in [-0.4, -0.2) is 47.9 Å². The van der Waals surface area contributed by atoms with Crippen molar-refractivity contribution < 1.29 is 14.0 Å². The zero-order valence-electron chi connectivity index (χ0n) is 10.7. The normalized spacial score (nSPS) is 16.2. The fraction of sp³-hybridized carbons (Fsp3) is 0.385. The largest absolute Gasteiger partial charge is 0.340 e. The molecule has 0 unspecified atom stereocenters. The van der Waals surface area contributed by atoms with Gasteiger partial charge < -0.3 is 4.90 Å². The molecule has 1 aromatic rings. The molecule has 2 amide bonds. The molecule has 2 rings (SSSR count). The van der Waals surface area contributed by atoms with Gasteiger partial charge in [0.05, 0.1) is 0 Å². The van der Waals surface area contributed by atoms with Crippen LogP contribution in [0.5, 0.6) is 0 Å². The van der Waals surface area contributed by atoms with Crippen molar-refractivity contribution in [3.63, 3.8) is 0 Å². The van der Waals surface area contributed by atoms with Gasteiger partial charge in [0.1, 0.15) is 5.82 Å². The van der Waals surface area contributed by atoms with Gasteiger partial charge in [-0.2, -0.15) is 0 Å². The Kier molecular flexibility index (Phi) is 4.11. The molecule has 6 heteroatoms. The zero-order chi connectivity index (χ0) is 13.8. The smallest absolute Gasteiger partial charge is 0.265 e. The number of hydrogen-bond acceptors (Lipinski definition) is 3. The summed E-state index contributed by atoms with van der Waals surface area (Å²) in [6.07, 6.45) is 0. The number of rotatable bonds is 2. The molecule has 1 aliphatic heterocycles. The number of piperazine rings is 1. The van der Waals surface area contributed by atoms with Gasteiger partial charge >= 0.3 is 0 Å². The minimum atomic E-state index is -0.369. The minimum Gasteiger partial charge on any atom is -0.340 e. The quantitative estimate of drug-likeness (QED) is 0.853. The van der Waals surface area contributed by atoms with Crippen molar-refractivity contribution in [2.45, 2.75) is 6.92 Å². The molecule has 0 radical (unpaired) electrons. The fourth-order valence-corrected chi connectivity index (χ4v) is 1.94. The van der Waals surface area contributed by atoms with Gasteiger partial charge in [-0.1, -0.05) is 0 Å². The maximum absolute atomic E-state index is 12.7. The summed E-state index contributed by atoms with van der Waals surface area (Å²) >= 11 is 0. The Bertz CT molecular complexity index is 467. The van der Waals surface area contributed by atoms with Crippen LogP contribution in [0.25, 0.3) is 0 Å². The van der Waals surface area contributed by atoms with Crippen LogP contribution >= 0.6 is 0 Å². The Morgan fingerprint density at radius 1 is 1.11 bits per heavy atom. The Hall–Kier alpha value is -1.95. The lowest BCUT2D eigenvalue weighted by molar-refractivity contribution is -0.130. The van der Waals surface area contributed by atoms with Crippen molar-refractivity contribution in [2.24, 2.45) is 0 Å². The molecule has 19 heavy (non-hydrogen) atoms. The van der Waals surface area contributed by atoms with Gasteiger partial charge in [0.25, 0.3) is 5.91 Å². The van der Waals surface area contributed by atoms with Gasteiger partial charge in [-0.15, -0.1) is 0 Å². The Morgan fingerprint density at radius 2 is 1.68 bits per heavy atom. The summed E-state index contributed by atoms with van der Waals surface area (Å²) < 4.78 is 12.7. The first kappa shape index (κ1) is 13.5. The Morgan fingerprint density at radius 3 is 2.21 bits per heavy atom. The number of hydrazine groups is 1. The standard InChI is InChI=1S/C13H16FN3O2/c1-10(18)16-6-8-17(9-7-16)15-13(19)11-2-4-12(14)5-3-11/h2-5H,6-9H2,1H3,(H,15,19). The summed E-state index contributed by atoms with van der Waals surface area (Å²) in [5.41, 5.74) is 3.16. The lowest BCUT2D eigenvalue weighted by atomic mass is 10.2. The van der Waals surface area contributed by atoms with Crippen molar-refractivity contribution in [3.8, 4) is 0 Å². The second kappa shape index (κ2) is 5.79. The molecule has 1 N–H and O–H groups in total. The number of carbonyl (C=O) groups excluding carboxylic acids is 2. The third-order valence-electron chi connectivity index (χ3n) is 3.09. The first-order valence-corrected chi connectivity index (χ1v) is 6.13. The van der Waals surface area contributed by atoms with Crippen LogP contribution in [-0.2, 0) is 4.79 Å². The molecule has 0 saturated carbocycles. The third kappa shape index (κ3) is 3.51. The van der Waals surface area contributed by atoms with Crippen LogP contribution in [0.1, 0.15) is 17.3 Å². The number of hydrogen-bond donors (Lipinski definition) is 1. The van der Waals surface area contributed by atoms with Crippen molar-refractivity contribution >= 4 is 11.8 Å². The number of benzene rings is 1. The van der Waals surface area contributed by atoms with E-state index in [1.807, 2.05) is 0 Å². The number of amides is 2. The van der Waals surface area contributed by atoms with Gasteiger partial charge in [0.2, 0.25) is 5.91 Å². The highest BCUT2D eigenvalue weighted by atomic mass is 19.1. The average molecular weight is 265 g/mol. The zero-order valence-corrected chi connectivity index (χ0v) is 10.7. The number of carbonyl (C=O) groups is 2. The molecule has 0 aliphatic carbocycles. The molecule has 1 aromatic carbocycles. The molecule has 0 spiro atoms. The SMILES string of the molecule is CC(=O)N1CCN(NC(=O)c2ccc(F)cc2)CC1. The van der Waals surface area contributed by atoms with Gasteiger partial charge in [-0.3, -0.25) is 15.0 Å². The van der Waals surface area contributed by atoms with Gasteiger partial charge in [-0.05, 0) is 24.3 Å². The Balaban J connectivity index is 1.87. The number of nitrogens with one attached hydrogen (secondary N) is 1. The van der Waals surface area contributed by atoms with Crippen molar-refractivity contribution in [1.82, 2.24) is 15.3 Å². The maximum Gasteiger partial charge on any atom is 0.265 e. The van der Waals surface area contributed by atoms with E-state index in [1.165, 1.54) is 31.2 Å². The van der Waals surface area contributed by atoms with Gasteiger partial charge in [-0.25, -0.2) is 9.40 Å². The number of halogens is 1. The highest BCUT2D eigenvalue weighted by molar-refractivity contribution is 5.93. The molecule has 1 aliphatic rings. The van der Waals surface area contributed by atoms with E-state index in [2.05, 4.69) is 5.43 Å². The first-order chi connectivity index (χ1) is 9.06. The van der Waals surface area contributed by atoms with Crippen LogP contribution in [0.3, 0.4) is 0 Å². The summed E-state index contributed by atoms with van der Waals surface area (Å²) in [5, 5.41) is 1.77. The topological polar surface area (TPSA) is 52.7 Å². The molecule has 1 fully saturated rings. The molecule has 0 atom stereocenters. The van der Waals surface area contributed by atoms with Crippen LogP contribution in [0, 0.1) is 5.82 Å². The highest BCUT2D eigenvalue weighted by Gasteiger charge is 2.20. The molecular weight excluding hydrogens is 249 g/mol. The van der Waals surface area contributed by atoms with Gasteiger partial charge in [0, 0.05) is 38.7 Å². The van der Waals surface area contributed by atoms with Crippen molar-refractivity contribution in [2.75, 3.05) is 26.2 Å². The monoisotopic (exact) mass is 265 g/mol. The van der Waals surface area contributed by atoms with E-state index in [0.717, 1.165) is 0 Å². The molecule has 5 nitrogen and oxygen atoms in total. The molecule has 0 bridgehead atoms. The summed E-state index contributed by atoms with van der Waals surface area (Å²) in [6.45, 7) is 3.91. The fourth-order valence-electron chi connectivity index (χ4n) is 1.94. The van der Waals surface area contributed by atoms with Crippen molar-refractivity contribution in [1.29, 1.82) is 0 Å². The summed E-state index contributed by atoms with van der Waals surface area (Å²) in [4.78, 5) is 24.8. The van der Waals surface area contributed by atoms with Crippen molar-refractivity contribution in [3.05, 3.63) is 35.6 Å². The third-order valence-corrected chi connectivity index (χ3v) is 3.09. The molecule has 102 valence electrons. The predicted molar refractivity (Wildman–Crippen MR) is 67.7 cm³/mol. The van der Waals surface area contributed by atoms with E-state index in [4.69, 9.17) is 0 Å². The summed E-state index contributed by atoms with van der Waals surface area (Å²) in [5.74, 6) is -0.590. The predicted octanol–water partition coefficient (Wildman–Crippen LogP) is 0.635. The summed E-state index contributed by atoms with van der Waals surface area (Å²) in [6, 6.07) is 5.39. The van der Waals surface area contributed by atoms with Crippen LogP contribution in [0.15, 0.2) is 24.3 Å². The highest BCUT2D eigenvalue weighted by Crippen LogP contribution is 2.04. The molecular formula is C13H16FN3O2. The van der Waals surface area contributed by atoms with E-state index in [1.54, 1.807) is 9.91 Å². The van der Waals surface area contributed by atoms with E-state index in [-0.39, 0.29) is 17.6 Å². The minimum absolute atomic E-state index is 0.0458. The molecule has 1 heterocycles. The number of nitrogens with zero attached hydrogens (tertiary/aromatic N) is 2. The van der Waals surface area contributed by atoms with E-state index < -0.39 is 0 Å². The maximum atomic E-state index is 12.7. The molecule has 1 saturated heterocycles. The van der Waals surface area contributed by atoms with E-state index in [0.29, 0.717) is 31.7 Å². The van der Waals surface area contributed by atoms with Crippen LogP contribution in [0.4, 0.5) is 4.39 Å². The lowest BCUT2D eigenvalue weighted by Gasteiger charge is -2.34. The second-order valence-electron chi connectivity index (χ2n) is 4.44. The van der Waals surface area contributed by atoms with E-state index in [9.17, 15) is 14.0 Å². The second-order valence-corrected chi connectivity index (χ2v) is 4.44.